The SMILES string of the molecule is CC(C)(OOCO)c1ccccc1. The van der Waals surface area contributed by atoms with Gasteiger partial charge < -0.3 is 5.11 Å². The molecule has 1 rings (SSSR count). The summed E-state index contributed by atoms with van der Waals surface area (Å²) in [4.78, 5) is 9.52. The zero-order chi connectivity index (χ0) is 9.73. The molecule has 0 aliphatic carbocycles. The van der Waals surface area contributed by atoms with E-state index in [9.17, 15) is 0 Å². The maximum Gasteiger partial charge on any atom is 0.178 e. The fourth-order valence-corrected chi connectivity index (χ4v) is 1.06. The normalized spacial score (nSPS) is 11.6. The Hall–Kier alpha value is -0.900. The van der Waals surface area contributed by atoms with Crippen LogP contribution in [0.4, 0.5) is 0 Å². The molecule has 1 N–H and O–H groups in total. The molecule has 0 saturated carbocycles. The van der Waals surface area contributed by atoms with Crippen LogP contribution in [0.5, 0.6) is 0 Å². The van der Waals surface area contributed by atoms with Gasteiger partial charge in [-0.1, -0.05) is 30.3 Å². The second kappa shape index (κ2) is 4.37. The maximum absolute atomic E-state index is 8.43. The minimum absolute atomic E-state index is 0.434. The highest BCUT2D eigenvalue weighted by Crippen LogP contribution is 2.23. The first-order valence-electron chi connectivity index (χ1n) is 4.14. The van der Waals surface area contributed by atoms with Crippen molar-refractivity contribution in [2.45, 2.75) is 19.4 Å². The molecule has 3 heteroatoms. The summed E-state index contributed by atoms with van der Waals surface area (Å²) in [5.74, 6) is 0. The second-order valence-electron chi connectivity index (χ2n) is 3.21. The zero-order valence-corrected chi connectivity index (χ0v) is 7.86. The van der Waals surface area contributed by atoms with Crippen molar-refractivity contribution in [3.8, 4) is 0 Å². The summed E-state index contributed by atoms with van der Waals surface area (Å²) in [7, 11) is 0. The lowest BCUT2D eigenvalue weighted by molar-refractivity contribution is -0.383. The van der Waals surface area contributed by atoms with Gasteiger partial charge in [-0.05, 0) is 19.4 Å². The number of aliphatic hydroxyl groups is 1. The molecule has 0 heterocycles. The lowest BCUT2D eigenvalue weighted by Crippen LogP contribution is -2.21. The van der Waals surface area contributed by atoms with Crippen molar-refractivity contribution in [1.29, 1.82) is 0 Å². The molecule has 72 valence electrons. The smallest absolute Gasteiger partial charge is 0.178 e. The van der Waals surface area contributed by atoms with Crippen LogP contribution in [-0.4, -0.2) is 11.9 Å². The molecule has 0 aliphatic rings. The minimum Gasteiger partial charge on any atom is -0.368 e. The van der Waals surface area contributed by atoms with Crippen molar-refractivity contribution in [3.63, 3.8) is 0 Å². The second-order valence-corrected chi connectivity index (χ2v) is 3.21. The van der Waals surface area contributed by atoms with Gasteiger partial charge in [0, 0.05) is 0 Å². The highest BCUT2D eigenvalue weighted by Gasteiger charge is 2.22. The van der Waals surface area contributed by atoms with Crippen LogP contribution in [0.25, 0.3) is 0 Å². The van der Waals surface area contributed by atoms with E-state index >= 15 is 0 Å². The first-order valence-corrected chi connectivity index (χ1v) is 4.14. The number of hydrogen-bond donors (Lipinski definition) is 1. The zero-order valence-electron chi connectivity index (χ0n) is 7.86. The van der Waals surface area contributed by atoms with Crippen LogP contribution in [0, 0.1) is 0 Å². The van der Waals surface area contributed by atoms with E-state index in [1.807, 2.05) is 44.2 Å². The van der Waals surface area contributed by atoms with Gasteiger partial charge in [-0.3, -0.25) is 0 Å². The molecule has 0 atom stereocenters. The summed E-state index contributed by atoms with van der Waals surface area (Å²) in [5.41, 5.74) is 0.465. The third-order valence-corrected chi connectivity index (χ3v) is 1.79. The van der Waals surface area contributed by atoms with Crippen LogP contribution in [-0.2, 0) is 15.4 Å². The summed E-state index contributed by atoms with van der Waals surface area (Å²) in [6.45, 7) is 3.31. The summed E-state index contributed by atoms with van der Waals surface area (Å²) in [6.07, 6.45) is 0. The molecule has 0 spiro atoms. The number of hydrogen-bond acceptors (Lipinski definition) is 3. The molecule has 0 aromatic heterocycles. The fourth-order valence-electron chi connectivity index (χ4n) is 1.06. The summed E-state index contributed by atoms with van der Waals surface area (Å²) in [6, 6.07) is 9.69. The first kappa shape index (κ1) is 10.2. The molecule has 0 bridgehead atoms. The number of aliphatic hydroxyl groups excluding tert-OH is 1. The third-order valence-electron chi connectivity index (χ3n) is 1.79. The molecule has 3 nitrogen and oxygen atoms in total. The predicted molar refractivity (Wildman–Crippen MR) is 48.7 cm³/mol. The van der Waals surface area contributed by atoms with Crippen molar-refractivity contribution in [2.75, 3.05) is 6.79 Å². The lowest BCUT2D eigenvalue weighted by atomic mass is 9.99. The van der Waals surface area contributed by atoms with Crippen molar-refractivity contribution < 1.29 is 14.9 Å². The highest BCUT2D eigenvalue weighted by molar-refractivity contribution is 5.20. The molecule has 0 aliphatic heterocycles. The maximum atomic E-state index is 8.43. The van der Waals surface area contributed by atoms with E-state index in [0.29, 0.717) is 0 Å². The van der Waals surface area contributed by atoms with Gasteiger partial charge >= 0.3 is 0 Å². The van der Waals surface area contributed by atoms with Crippen molar-refractivity contribution in [3.05, 3.63) is 35.9 Å². The van der Waals surface area contributed by atoms with Gasteiger partial charge in [-0.25, -0.2) is 9.78 Å². The molecular formula is C10H14O3. The van der Waals surface area contributed by atoms with Gasteiger partial charge in [0.2, 0.25) is 0 Å². The Morgan fingerprint density at radius 3 is 2.38 bits per heavy atom. The molecule has 1 aromatic carbocycles. The van der Waals surface area contributed by atoms with Crippen LogP contribution in [0.3, 0.4) is 0 Å². The highest BCUT2D eigenvalue weighted by atomic mass is 17.2. The molecule has 0 unspecified atom stereocenters. The number of benzene rings is 1. The van der Waals surface area contributed by atoms with Gasteiger partial charge in [0.25, 0.3) is 0 Å². The third kappa shape index (κ3) is 2.81. The molecule has 0 amide bonds. The van der Waals surface area contributed by atoms with Crippen LogP contribution >= 0.6 is 0 Å². The lowest BCUT2D eigenvalue weighted by Gasteiger charge is -2.23. The Morgan fingerprint density at radius 1 is 1.23 bits per heavy atom. The topological polar surface area (TPSA) is 38.7 Å². The summed E-state index contributed by atoms with van der Waals surface area (Å²) < 4.78 is 0. The molecule has 0 fully saturated rings. The van der Waals surface area contributed by atoms with Crippen LogP contribution in [0.15, 0.2) is 30.3 Å². The average Bonchev–Trinajstić information content (AvgIpc) is 2.16. The van der Waals surface area contributed by atoms with Gasteiger partial charge in [0.15, 0.2) is 6.79 Å². The van der Waals surface area contributed by atoms with Gasteiger partial charge in [-0.2, -0.15) is 0 Å². The molecule has 0 saturated heterocycles. The van der Waals surface area contributed by atoms with Gasteiger partial charge in [0.05, 0.1) is 0 Å². The predicted octanol–water partition coefficient (Wildman–Crippen LogP) is 1.82. The Balaban J connectivity index is 2.69. The van der Waals surface area contributed by atoms with Gasteiger partial charge in [-0.15, -0.1) is 0 Å². The Morgan fingerprint density at radius 2 is 1.85 bits per heavy atom. The van der Waals surface area contributed by atoms with E-state index in [2.05, 4.69) is 4.89 Å². The van der Waals surface area contributed by atoms with E-state index in [1.165, 1.54) is 0 Å². The fraction of sp³-hybridized carbons (Fsp3) is 0.400. The van der Waals surface area contributed by atoms with Crippen LogP contribution in [0.2, 0.25) is 0 Å². The van der Waals surface area contributed by atoms with Crippen LogP contribution in [0.1, 0.15) is 19.4 Å². The van der Waals surface area contributed by atoms with Crippen LogP contribution < -0.4 is 0 Å². The molecule has 1 aromatic rings. The largest absolute Gasteiger partial charge is 0.368 e. The molecule has 0 radical (unpaired) electrons. The van der Waals surface area contributed by atoms with E-state index in [-0.39, 0.29) is 0 Å². The molecule has 13 heavy (non-hydrogen) atoms. The minimum atomic E-state index is -0.538. The monoisotopic (exact) mass is 182 g/mol. The van der Waals surface area contributed by atoms with E-state index in [1.54, 1.807) is 0 Å². The number of rotatable bonds is 4. The van der Waals surface area contributed by atoms with E-state index in [4.69, 9.17) is 9.99 Å². The summed E-state index contributed by atoms with van der Waals surface area (Å²) in [5, 5.41) is 8.43. The summed E-state index contributed by atoms with van der Waals surface area (Å²) >= 11 is 0. The standard InChI is InChI=1S/C10H14O3/c1-10(2,13-12-8-11)9-6-4-3-5-7-9/h3-7,11H,8H2,1-2H3. The Kier molecular flexibility index (Phi) is 3.42. The Bertz CT molecular complexity index is 244. The van der Waals surface area contributed by atoms with Crippen molar-refractivity contribution in [2.24, 2.45) is 0 Å². The Labute approximate surface area is 77.8 Å². The van der Waals surface area contributed by atoms with E-state index in [0.717, 1.165) is 5.56 Å². The van der Waals surface area contributed by atoms with Gasteiger partial charge in [0.1, 0.15) is 5.60 Å². The van der Waals surface area contributed by atoms with E-state index < -0.39 is 12.4 Å². The quantitative estimate of drug-likeness (QED) is 0.438. The average molecular weight is 182 g/mol. The van der Waals surface area contributed by atoms with Crippen molar-refractivity contribution >= 4 is 0 Å². The first-order chi connectivity index (χ1) is 6.17. The van der Waals surface area contributed by atoms with Crippen molar-refractivity contribution in [1.82, 2.24) is 0 Å². The molecular weight excluding hydrogens is 168 g/mol.